The normalized spacial score (nSPS) is 9.95. The van der Waals surface area contributed by atoms with Gasteiger partial charge in [0.15, 0.2) is 0 Å². The molecule has 1 heterocycles. The van der Waals surface area contributed by atoms with E-state index in [1.54, 1.807) is 6.07 Å². The van der Waals surface area contributed by atoms with Gasteiger partial charge in [0.2, 0.25) is 0 Å². The Morgan fingerprint density at radius 2 is 2.16 bits per heavy atom. The second kappa shape index (κ2) is 4.78. The number of aromatic amines is 1. The van der Waals surface area contributed by atoms with Crippen molar-refractivity contribution in [1.82, 2.24) is 9.55 Å². The molecular formula is C12H8FN3O3. The number of methoxy groups -OCH3 is 1. The van der Waals surface area contributed by atoms with E-state index in [9.17, 15) is 14.0 Å². The number of hydrogen-bond acceptors (Lipinski definition) is 4. The van der Waals surface area contributed by atoms with Gasteiger partial charge in [0.05, 0.1) is 12.8 Å². The highest BCUT2D eigenvalue weighted by atomic mass is 19.1. The van der Waals surface area contributed by atoms with Gasteiger partial charge in [-0.15, -0.1) is 0 Å². The summed E-state index contributed by atoms with van der Waals surface area (Å²) >= 11 is 0. The number of halogens is 1. The van der Waals surface area contributed by atoms with Gasteiger partial charge in [0.25, 0.3) is 5.56 Å². The van der Waals surface area contributed by atoms with Crippen LogP contribution in [0.2, 0.25) is 0 Å². The number of H-pyrrole nitrogens is 1. The van der Waals surface area contributed by atoms with Crippen molar-refractivity contribution >= 4 is 0 Å². The summed E-state index contributed by atoms with van der Waals surface area (Å²) in [4.78, 5) is 25.0. The van der Waals surface area contributed by atoms with Gasteiger partial charge in [-0.25, -0.2) is 9.18 Å². The topological polar surface area (TPSA) is 87.9 Å². The number of aromatic nitrogens is 2. The van der Waals surface area contributed by atoms with Crippen molar-refractivity contribution in [2.45, 2.75) is 0 Å². The van der Waals surface area contributed by atoms with Crippen LogP contribution in [0.3, 0.4) is 0 Å². The Kier molecular flexibility index (Phi) is 3.16. The first-order valence-electron chi connectivity index (χ1n) is 5.17. The first-order valence-corrected chi connectivity index (χ1v) is 5.17. The molecule has 0 spiro atoms. The summed E-state index contributed by atoms with van der Waals surface area (Å²) in [7, 11) is 1.32. The van der Waals surface area contributed by atoms with Crippen LogP contribution in [0, 0.1) is 17.1 Å². The van der Waals surface area contributed by atoms with E-state index in [-0.39, 0.29) is 17.0 Å². The molecule has 0 saturated carbocycles. The first kappa shape index (κ1) is 12.6. The summed E-state index contributed by atoms with van der Waals surface area (Å²) in [6, 6.07) is 5.21. The van der Waals surface area contributed by atoms with Gasteiger partial charge < -0.3 is 4.74 Å². The lowest BCUT2D eigenvalue weighted by molar-refractivity contribution is 0.409. The molecule has 0 atom stereocenters. The Morgan fingerprint density at radius 3 is 2.79 bits per heavy atom. The summed E-state index contributed by atoms with van der Waals surface area (Å²) in [5, 5.41) is 8.77. The quantitative estimate of drug-likeness (QED) is 0.854. The van der Waals surface area contributed by atoms with Crippen LogP contribution < -0.4 is 16.0 Å². The fraction of sp³-hybridized carbons (Fsp3) is 0.0833. The molecule has 0 radical (unpaired) electrons. The van der Waals surface area contributed by atoms with E-state index < -0.39 is 17.1 Å². The van der Waals surface area contributed by atoms with Crippen molar-refractivity contribution in [1.29, 1.82) is 5.26 Å². The molecular weight excluding hydrogens is 253 g/mol. The highest BCUT2D eigenvalue weighted by Gasteiger charge is 2.11. The minimum absolute atomic E-state index is 0.109. The van der Waals surface area contributed by atoms with Crippen molar-refractivity contribution in [3.8, 4) is 17.5 Å². The lowest BCUT2D eigenvalue weighted by Gasteiger charge is -2.10. The molecule has 1 aromatic heterocycles. The third-order valence-corrected chi connectivity index (χ3v) is 2.46. The Bertz CT molecular complexity index is 786. The highest BCUT2D eigenvalue weighted by Crippen LogP contribution is 2.22. The average Bonchev–Trinajstić information content (AvgIpc) is 2.39. The molecule has 1 aromatic carbocycles. The molecule has 19 heavy (non-hydrogen) atoms. The Hall–Kier alpha value is -2.88. The van der Waals surface area contributed by atoms with Crippen LogP contribution in [-0.2, 0) is 0 Å². The Morgan fingerprint density at radius 1 is 1.42 bits per heavy atom. The molecule has 0 saturated heterocycles. The number of rotatable bonds is 2. The molecule has 2 rings (SSSR count). The zero-order valence-electron chi connectivity index (χ0n) is 9.81. The molecule has 6 nitrogen and oxygen atoms in total. The van der Waals surface area contributed by atoms with E-state index in [0.717, 1.165) is 22.9 Å². The molecule has 2 aromatic rings. The van der Waals surface area contributed by atoms with Crippen molar-refractivity contribution in [3.05, 3.63) is 56.6 Å². The number of ether oxygens (including phenoxy) is 1. The third-order valence-electron chi connectivity index (χ3n) is 2.46. The van der Waals surface area contributed by atoms with E-state index in [2.05, 4.69) is 0 Å². The fourth-order valence-electron chi connectivity index (χ4n) is 1.58. The van der Waals surface area contributed by atoms with Gasteiger partial charge in [-0.05, 0) is 12.1 Å². The van der Waals surface area contributed by atoms with Crippen LogP contribution in [0.1, 0.15) is 5.56 Å². The van der Waals surface area contributed by atoms with Gasteiger partial charge in [-0.1, -0.05) is 0 Å². The molecule has 0 unspecified atom stereocenters. The van der Waals surface area contributed by atoms with Crippen LogP contribution in [0.15, 0.2) is 34.0 Å². The molecule has 7 heteroatoms. The van der Waals surface area contributed by atoms with E-state index in [1.165, 1.54) is 13.2 Å². The number of benzene rings is 1. The lowest BCUT2D eigenvalue weighted by atomic mass is 10.2. The Labute approximate surface area is 106 Å². The maximum Gasteiger partial charge on any atom is 0.333 e. The minimum Gasteiger partial charge on any atom is -0.494 e. The first-order chi connectivity index (χ1) is 9.06. The average molecular weight is 261 g/mol. The van der Waals surface area contributed by atoms with E-state index in [1.807, 2.05) is 4.98 Å². The van der Waals surface area contributed by atoms with Gasteiger partial charge in [0.1, 0.15) is 23.2 Å². The maximum absolute atomic E-state index is 13.1. The summed E-state index contributed by atoms with van der Waals surface area (Å²) in [5.74, 6) is -0.420. The molecule has 0 amide bonds. The predicted octanol–water partition coefficient (Wildman–Crippen LogP) is 0.545. The van der Waals surface area contributed by atoms with Crippen molar-refractivity contribution in [2.24, 2.45) is 0 Å². The third kappa shape index (κ3) is 2.24. The Balaban J connectivity index is 2.76. The van der Waals surface area contributed by atoms with Crippen LogP contribution in [-0.4, -0.2) is 16.7 Å². The number of hydrogen-bond donors (Lipinski definition) is 1. The molecule has 0 bridgehead atoms. The standard InChI is InChI=1S/C12H8FN3O3/c1-19-10-4-8(13)2-3-9(10)16-6-7(5-14)11(17)15-12(16)18/h2-4,6H,1H3,(H,15,17,18). The fourth-order valence-corrected chi connectivity index (χ4v) is 1.58. The molecule has 0 aliphatic carbocycles. The molecule has 1 N–H and O–H groups in total. The number of nitrogens with one attached hydrogen (secondary N) is 1. The smallest absolute Gasteiger partial charge is 0.333 e. The van der Waals surface area contributed by atoms with Gasteiger partial charge in [-0.2, -0.15) is 5.26 Å². The number of nitriles is 1. The van der Waals surface area contributed by atoms with Crippen molar-refractivity contribution in [2.75, 3.05) is 7.11 Å². The number of nitrogens with zero attached hydrogens (tertiary/aromatic N) is 2. The molecule has 0 aliphatic heterocycles. The minimum atomic E-state index is -0.773. The van der Waals surface area contributed by atoms with E-state index in [0.29, 0.717) is 0 Å². The van der Waals surface area contributed by atoms with Crippen molar-refractivity contribution < 1.29 is 9.13 Å². The zero-order chi connectivity index (χ0) is 14.0. The largest absolute Gasteiger partial charge is 0.494 e. The van der Waals surface area contributed by atoms with E-state index >= 15 is 0 Å². The summed E-state index contributed by atoms with van der Waals surface area (Å²) in [6.45, 7) is 0. The van der Waals surface area contributed by atoms with Crippen LogP contribution in [0.4, 0.5) is 4.39 Å². The lowest BCUT2D eigenvalue weighted by Crippen LogP contribution is -2.30. The van der Waals surface area contributed by atoms with Crippen molar-refractivity contribution in [3.63, 3.8) is 0 Å². The summed E-state index contributed by atoms with van der Waals surface area (Å²) in [5.41, 5.74) is -1.52. The molecule has 0 fully saturated rings. The predicted molar refractivity (Wildman–Crippen MR) is 63.9 cm³/mol. The molecule has 0 aliphatic rings. The van der Waals surface area contributed by atoms with Gasteiger partial charge in [0, 0.05) is 12.3 Å². The monoisotopic (exact) mass is 261 g/mol. The summed E-state index contributed by atoms with van der Waals surface area (Å²) in [6.07, 6.45) is 1.08. The van der Waals surface area contributed by atoms with Gasteiger partial charge >= 0.3 is 5.69 Å². The summed E-state index contributed by atoms with van der Waals surface area (Å²) < 4.78 is 19.1. The highest BCUT2D eigenvalue weighted by molar-refractivity contribution is 5.47. The SMILES string of the molecule is COc1cc(F)ccc1-n1cc(C#N)c(=O)[nH]c1=O. The van der Waals surface area contributed by atoms with E-state index in [4.69, 9.17) is 10.00 Å². The van der Waals surface area contributed by atoms with Crippen LogP contribution >= 0.6 is 0 Å². The van der Waals surface area contributed by atoms with Crippen LogP contribution in [0.5, 0.6) is 5.75 Å². The van der Waals surface area contributed by atoms with Gasteiger partial charge in [-0.3, -0.25) is 14.3 Å². The second-order valence-electron chi connectivity index (χ2n) is 3.60. The zero-order valence-corrected chi connectivity index (χ0v) is 9.81. The maximum atomic E-state index is 13.1. The molecule has 96 valence electrons. The van der Waals surface area contributed by atoms with Crippen LogP contribution in [0.25, 0.3) is 5.69 Å². The second-order valence-corrected chi connectivity index (χ2v) is 3.60.